The molecule has 3 nitrogen and oxygen atoms in total. The van der Waals surface area contributed by atoms with Gasteiger partial charge in [0.15, 0.2) is 0 Å². The molecule has 1 aliphatic rings. The van der Waals surface area contributed by atoms with Crippen LogP contribution in [0.1, 0.15) is 33.1 Å². The zero-order chi connectivity index (χ0) is 13.4. The van der Waals surface area contributed by atoms with Gasteiger partial charge in [-0.15, -0.1) is 0 Å². The first-order valence-corrected chi connectivity index (χ1v) is 6.10. The predicted molar refractivity (Wildman–Crippen MR) is 68.0 cm³/mol. The molecule has 0 bridgehead atoms. The molecule has 1 fully saturated rings. The molecule has 0 saturated heterocycles. The maximum atomic E-state index is 12.8. The number of rotatable bonds is 3. The van der Waals surface area contributed by atoms with Gasteiger partial charge in [-0.05, 0) is 48.9 Å². The van der Waals surface area contributed by atoms with Crippen molar-refractivity contribution in [3.05, 3.63) is 30.1 Å². The number of hydrogen-bond acceptors (Lipinski definition) is 2. The molecule has 0 amide bonds. The van der Waals surface area contributed by atoms with Crippen molar-refractivity contribution < 1.29 is 14.3 Å². The van der Waals surface area contributed by atoms with Crippen molar-refractivity contribution in [2.24, 2.45) is 5.41 Å². The van der Waals surface area contributed by atoms with E-state index in [-0.39, 0.29) is 11.2 Å². The van der Waals surface area contributed by atoms with E-state index in [0.717, 1.165) is 6.42 Å². The predicted octanol–water partition coefficient (Wildman–Crippen LogP) is 3.27. The summed E-state index contributed by atoms with van der Waals surface area (Å²) in [6, 6.07) is 5.81. The van der Waals surface area contributed by atoms with Crippen LogP contribution in [0.4, 0.5) is 10.1 Å². The second-order valence-corrected chi connectivity index (χ2v) is 5.86. The Balaban J connectivity index is 2.23. The van der Waals surface area contributed by atoms with Crippen LogP contribution in [0.2, 0.25) is 0 Å². The van der Waals surface area contributed by atoms with Crippen LogP contribution in [-0.4, -0.2) is 16.6 Å². The number of carboxylic acids is 1. The van der Waals surface area contributed by atoms with E-state index in [1.54, 1.807) is 12.1 Å². The largest absolute Gasteiger partial charge is 0.480 e. The fraction of sp³-hybridized carbons (Fsp3) is 0.500. The molecule has 2 N–H and O–H groups in total. The molecule has 2 rings (SSSR count). The quantitative estimate of drug-likeness (QED) is 0.866. The number of halogens is 1. The Morgan fingerprint density at radius 1 is 1.28 bits per heavy atom. The third-order valence-corrected chi connectivity index (χ3v) is 3.65. The van der Waals surface area contributed by atoms with E-state index in [2.05, 4.69) is 19.2 Å². The van der Waals surface area contributed by atoms with E-state index in [0.29, 0.717) is 18.5 Å². The van der Waals surface area contributed by atoms with E-state index in [4.69, 9.17) is 0 Å². The van der Waals surface area contributed by atoms with Crippen LogP contribution in [-0.2, 0) is 4.79 Å². The van der Waals surface area contributed by atoms with Gasteiger partial charge in [0.2, 0.25) is 0 Å². The van der Waals surface area contributed by atoms with Crippen molar-refractivity contribution in [3.63, 3.8) is 0 Å². The number of carbonyl (C=O) groups is 1. The lowest BCUT2D eigenvalue weighted by Gasteiger charge is -2.28. The van der Waals surface area contributed by atoms with Gasteiger partial charge in [-0.25, -0.2) is 9.18 Å². The molecule has 0 aliphatic heterocycles. The molecule has 18 heavy (non-hydrogen) atoms. The molecule has 4 heteroatoms. The lowest BCUT2D eigenvalue weighted by Crippen LogP contribution is -2.44. The fourth-order valence-corrected chi connectivity index (χ4v) is 2.70. The van der Waals surface area contributed by atoms with Crippen LogP contribution in [0, 0.1) is 11.2 Å². The fourth-order valence-electron chi connectivity index (χ4n) is 2.70. The number of nitrogens with one attached hydrogen (secondary N) is 1. The Morgan fingerprint density at radius 2 is 1.89 bits per heavy atom. The Kier molecular flexibility index (Phi) is 3.05. The summed E-state index contributed by atoms with van der Waals surface area (Å²) in [7, 11) is 0. The van der Waals surface area contributed by atoms with E-state index in [9.17, 15) is 14.3 Å². The summed E-state index contributed by atoms with van der Waals surface area (Å²) < 4.78 is 12.8. The molecule has 0 aromatic heterocycles. The summed E-state index contributed by atoms with van der Waals surface area (Å²) in [4.78, 5) is 11.5. The molecular weight excluding hydrogens is 233 g/mol. The highest BCUT2D eigenvalue weighted by atomic mass is 19.1. The van der Waals surface area contributed by atoms with Crippen molar-refractivity contribution in [1.82, 2.24) is 0 Å². The summed E-state index contributed by atoms with van der Waals surface area (Å²) >= 11 is 0. The van der Waals surface area contributed by atoms with Gasteiger partial charge in [0.25, 0.3) is 0 Å². The standard InChI is InChI=1S/C14H18FNO2/c1-13(2)7-8-14(9-13,12(17)18)16-11-5-3-10(15)4-6-11/h3-6,16H,7-9H2,1-2H3,(H,17,18). The van der Waals surface area contributed by atoms with E-state index >= 15 is 0 Å². The molecule has 1 saturated carbocycles. The van der Waals surface area contributed by atoms with Gasteiger partial charge >= 0.3 is 5.97 Å². The Morgan fingerprint density at radius 3 is 2.33 bits per heavy atom. The first-order chi connectivity index (χ1) is 8.33. The smallest absolute Gasteiger partial charge is 0.329 e. The van der Waals surface area contributed by atoms with E-state index in [1.165, 1.54) is 12.1 Å². The molecule has 1 atom stereocenters. The lowest BCUT2D eigenvalue weighted by molar-refractivity contribution is -0.142. The van der Waals surface area contributed by atoms with E-state index in [1.807, 2.05) is 0 Å². The minimum absolute atomic E-state index is 0.0193. The molecule has 0 spiro atoms. The normalized spacial score (nSPS) is 25.9. The maximum absolute atomic E-state index is 12.8. The van der Waals surface area contributed by atoms with Gasteiger partial charge in [-0.2, -0.15) is 0 Å². The van der Waals surface area contributed by atoms with Gasteiger partial charge in [-0.3, -0.25) is 0 Å². The van der Waals surface area contributed by atoms with E-state index < -0.39 is 11.5 Å². The summed E-state index contributed by atoms with van der Waals surface area (Å²) in [5.41, 5.74) is -0.260. The topological polar surface area (TPSA) is 49.3 Å². The van der Waals surface area contributed by atoms with Crippen LogP contribution in [0.15, 0.2) is 24.3 Å². The molecular formula is C14H18FNO2. The summed E-state index contributed by atoms with van der Waals surface area (Å²) in [6.45, 7) is 4.15. The summed E-state index contributed by atoms with van der Waals surface area (Å²) in [5, 5.41) is 12.5. The van der Waals surface area contributed by atoms with Crippen LogP contribution < -0.4 is 5.32 Å². The van der Waals surface area contributed by atoms with Gasteiger partial charge in [-0.1, -0.05) is 13.8 Å². The third-order valence-electron chi connectivity index (χ3n) is 3.65. The lowest BCUT2D eigenvalue weighted by atomic mass is 9.87. The van der Waals surface area contributed by atoms with Crippen LogP contribution in [0.3, 0.4) is 0 Å². The average Bonchev–Trinajstić information content (AvgIpc) is 2.59. The minimum atomic E-state index is -0.929. The third kappa shape index (κ3) is 2.47. The first kappa shape index (κ1) is 12.9. The second kappa shape index (κ2) is 4.26. The van der Waals surface area contributed by atoms with Gasteiger partial charge < -0.3 is 10.4 Å². The Bertz CT molecular complexity index is 455. The van der Waals surface area contributed by atoms with Crippen molar-refractivity contribution >= 4 is 11.7 Å². The van der Waals surface area contributed by atoms with Crippen molar-refractivity contribution in [3.8, 4) is 0 Å². The Labute approximate surface area is 106 Å². The Hall–Kier alpha value is -1.58. The molecule has 1 aliphatic carbocycles. The minimum Gasteiger partial charge on any atom is -0.480 e. The summed E-state index contributed by atoms with van der Waals surface area (Å²) in [5.74, 6) is -1.16. The number of benzene rings is 1. The number of aliphatic carboxylic acids is 1. The van der Waals surface area contributed by atoms with Crippen LogP contribution in [0.5, 0.6) is 0 Å². The molecule has 98 valence electrons. The number of anilines is 1. The van der Waals surface area contributed by atoms with Gasteiger partial charge in [0.1, 0.15) is 11.4 Å². The van der Waals surface area contributed by atoms with Crippen LogP contribution in [0.25, 0.3) is 0 Å². The molecule has 1 aromatic rings. The molecule has 1 unspecified atom stereocenters. The highest BCUT2D eigenvalue weighted by Gasteiger charge is 2.48. The molecule has 0 heterocycles. The first-order valence-electron chi connectivity index (χ1n) is 6.10. The summed E-state index contributed by atoms with van der Waals surface area (Å²) in [6.07, 6.45) is 2.03. The van der Waals surface area contributed by atoms with Crippen LogP contribution >= 0.6 is 0 Å². The average molecular weight is 251 g/mol. The van der Waals surface area contributed by atoms with Gasteiger partial charge in [0, 0.05) is 5.69 Å². The molecule has 0 radical (unpaired) electrons. The number of carboxylic acid groups (broad SMARTS) is 1. The maximum Gasteiger partial charge on any atom is 0.329 e. The van der Waals surface area contributed by atoms with Crippen molar-refractivity contribution in [2.75, 3.05) is 5.32 Å². The zero-order valence-electron chi connectivity index (χ0n) is 10.7. The SMILES string of the molecule is CC1(C)CCC(Nc2ccc(F)cc2)(C(=O)O)C1. The van der Waals surface area contributed by atoms with Gasteiger partial charge in [0.05, 0.1) is 0 Å². The highest BCUT2D eigenvalue weighted by Crippen LogP contribution is 2.45. The zero-order valence-corrected chi connectivity index (χ0v) is 10.7. The monoisotopic (exact) mass is 251 g/mol. The molecule has 1 aromatic carbocycles. The highest BCUT2D eigenvalue weighted by molar-refractivity contribution is 5.83. The van der Waals surface area contributed by atoms with Crippen molar-refractivity contribution in [1.29, 1.82) is 0 Å². The van der Waals surface area contributed by atoms with Crippen molar-refractivity contribution in [2.45, 2.75) is 38.6 Å². The number of hydrogen-bond donors (Lipinski definition) is 2. The second-order valence-electron chi connectivity index (χ2n) is 5.86.